The summed E-state index contributed by atoms with van der Waals surface area (Å²) in [6.45, 7) is 0.851. The third-order valence-electron chi connectivity index (χ3n) is 1.72. The van der Waals surface area contributed by atoms with Crippen molar-refractivity contribution in [1.82, 2.24) is 5.32 Å². The van der Waals surface area contributed by atoms with Crippen LogP contribution in [-0.2, 0) is 0 Å². The first-order chi connectivity index (χ1) is 7.15. The highest BCUT2D eigenvalue weighted by Crippen LogP contribution is 2.25. The lowest BCUT2D eigenvalue weighted by Gasteiger charge is -2.00. The minimum atomic E-state index is -0.283. The molecule has 4 heteroatoms. The molecule has 0 saturated heterocycles. The van der Waals surface area contributed by atoms with E-state index in [2.05, 4.69) is 49.0 Å². The van der Waals surface area contributed by atoms with E-state index in [0.717, 1.165) is 18.5 Å². The van der Waals surface area contributed by atoms with Crippen LogP contribution in [0, 0.1) is 17.7 Å². The molecule has 0 atom stereocenters. The zero-order valence-electron chi connectivity index (χ0n) is 8.20. The predicted molar refractivity (Wildman–Crippen MR) is 67.2 cm³/mol. The number of hydrogen-bond donors (Lipinski definition) is 1. The molecule has 0 heterocycles. The molecule has 15 heavy (non-hydrogen) atoms. The molecule has 1 nitrogen and oxygen atoms in total. The summed E-state index contributed by atoms with van der Waals surface area (Å²) in [4.78, 5) is 0. The highest BCUT2D eigenvalue weighted by molar-refractivity contribution is 9.11. The highest BCUT2D eigenvalue weighted by atomic mass is 79.9. The van der Waals surface area contributed by atoms with E-state index in [9.17, 15) is 4.39 Å². The van der Waals surface area contributed by atoms with Crippen LogP contribution in [0.3, 0.4) is 0 Å². The van der Waals surface area contributed by atoms with Crippen molar-refractivity contribution in [2.24, 2.45) is 0 Å². The number of nitrogens with one attached hydrogen (secondary N) is 1. The van der Waals surface area contributed by atoms with Crippen LogP contribution in [0.4, 0.5) is 4.39 Å². The van der Waals surface area contributed by atoms with Gasteiger partial charge in [0.05, 0.1) is 5.56 Å². The zero-order valence-corrected chi connectivity index (χ0v) is 11.4. The van der Waals surface area contributed by atoms with Crippen molar-refractivity contribution in [2.75, 3.05) is 13.6 Å². The van der Waals surface area contributed by atoms with Crippen molar-refractivity contribution in [2.45, 2.75) is 6.42 Å². The Bertz CT molecular complexity index is 384. The molecule has 1 aromatic carbocycles. The van der Waals surface area contributed by atoms with Crippen LogP contribution in [-0.4, -0.2) is 13.6 Å². The first-order valence-corrected chi connectivity index (χ1v) is 6.01. The van der Waals surface area contributed by atoms with E-state index < -0.39 is 0 Å². The maximum absolute atomic E-state index is 12.9. The minimum absolute atomic E-state index is 0.283. The maximum Gasteiger partial charge on any atom is 0.125 e. The molecular weight excluding hydrogens is 325 g/mol. The second-order valence-corrected chi connectivity index (χ2v) is 4.61. The van der Waals surface area contributed by atoms with Gasteiger partial charge in [0.25, 0.3) is 0 Å². The van der Waals surface area contributed by atoms with Crippen molar-refractivity contribution in [3.05, 3.63) is 32.5 Å². The molecule has 0 amide bonds. The summed E-state index contributed by atoms with van der Waals surface area (Å²) in [6.07, 6.45) is 0.771. The van der Waals surface area contributed by atoms with Gasteiger partial charge >= 0.3 is 0 Å². The molecule has 0 aliphatic rings. The molecule has 1 N–H and O–H groups in total. The average molecular weight is 335 g/mol. The summed E-state index contributed by atoms with van der Waals surface area (Å²) < 4.78 is 14.3. The Kier molecular flexibility index (Phi) is 5.30. The van der Waals surface area contributed by atoms with Gasteiger partial charge in [-0.2, -0.15) is 0 Å². The van der Waals surface area contributed by atoms with E-state index in [1.54, 1.807) is 0 Å². The molecular formula is C11H10Br2FN. The van der Waals surface area contributed by atoms with Crippen LogP contribution < -0.4 is 5.32 Å². The summed E-state index contributed by atoms with van der Waals surface area (Å²) in [5.41, 5.74) is 0.785. The van der Waals surface area contributed by atoms with Gasteiger partial charge in [-0.15, -0.1) is 0 Å². The van der Waals surface area contributed by atoms with Crippen LogP contribution in [0.1, 0.15) is 12.0 Å². The topological polar surface area (TPSA) is 12.0 Å². The van der Waals surface area contributed by atoms with Gasteiger partial charge < -0.3 is 5.32 Å². The molecule has 0 bridgehead atoms. The van der Waals surface area contributed by atoms with Crippen LogP contribution in [0.2, 0.25) is 0 Å². The van der Waals surface area contributed by atoms with Gasteiger partial charge in [-0.25, -0.2) is 4.39 Å². The van der Waals surface area contributed by atoms with Crippen LogP contribution in [0.5, 0.6) is 0 Å². The molecule has 1 rings (SSSR count). The van der Waals surface area contributed by atoms with E-state index in [1.165, 1.54) is 12.1 Å². The lowest BCUT2D eigenvalue weighted by Crippen LogP contribution is -2.05. The molecule has 0 spiro atoms. The molecule has 80 valence electrons. The second-order valence-electron chi connectivity index (χ2n) is 2.90. The number of rotatable bonds is 2. The fourth-order valence-electron chi connectivity index (χ4n) is 1.00. The van der Waals surface area contributed by atoms with E-state index in [1.807, 2.05) is 7.05 Å². The Morgan fingerprint density at radius 1 is 1.33 bits per heavy atom. The lowest BCUT2D eigenvalue weighted by atomic mass is 10.2. The summed E-state index contributed by atoms with van der Waals surface area (Å²) in [5, 5.41) is 3.01. The van der Waals surface area contributed by atoms with E-state index in [0.29, 0.717) is 8.95 Å². The van der Waals surface area contributed by atoms with E-state index in [-0.39, 0.29) is 5.82 Å². The predicted octanol–water partition coefficient (Wildman–Crippen LogP) is 3.31. The standard InChI is InChI=1S/C11H10Br2FN/c1-15-5-3-2-4-9-10(12)6-8(14)7-11(9)13/h6-7,15H,3,5H2,1H3. The monoisotopic (exact) mass is 333 g/mol. The fraction of sp³-hybridized carbons (Fsp3) is 0.273. The molecule has 0 saturated carbocycles. The van der Waals surface area contributed by atoms with Gasteiger partial charge in [0.2, 0.25) is 0 Å². The molecule has 0 aromatic heterocycles. The van der Waals surface area contributed by atoms with Gasteiger partial charge in [-0.1, -0.05) is 11.8 Å². The molecule has 0 radical (unpaired) electrons. The van der Waals surface area contributed by atoms with Gasteiger partial charge in [0, 0.05) is 21.9 Å². The quantitative estimate of drug-likeness (QED) is 0.646. The van der Waals surface area contributed by atoms with Gasteiger partial charge in [0.1, 0.15) is 5.82 Å². The molecule has 0 unspecified atom stereocenters. The third kappa shape index (κ3) is 3.94. The molecule has 0 aliphatic heterocycles. The Morgan fingerprint density at radius 2 is 1.93 bits per heavy atom. The van der Waals surface area contributed by atoms with E-state index >= 15 is 0 Å². The number of halogens is 3. The van der Waals surface area contributed by atoms with Crippen molar-refractivity contribution >= 4 is 31.9 Å². The summed E-state index contributed by atoms with van der Waals surface area (Å²) in [7, 11) is 1.88. The normalized spacial score (nSPS) is 9.60. The van der Waals surface area contributed by atoms with Crippen molar-refractivity contribution in [3.63, 3.8) is 0 Å². The van der Waals surface area contributed by atoms with Gasteiger partial charge in [-0.3, -0.25) is 0 Å². The Labute approximate surface area is 106 Å². The van der Waals surface area contributed by atoms with Crippen molar-refractivity contribution in [3.8, 4) is 11.8 Å². The summed E-state index contributed by atoms with van der Waals surface area (Å²) in [5.74, 6) is 5.72. The number of hydrogen-bond acceptors (Lipinski definition) is 1. The molecule has 0 fully saturated rings. The van der Waals surface area contributed by atoms with E-state index in [4.69, 9.17) is 0 Å². The first kappa shape index (κ1) is 12.7. The first-order valence-electron chi connectivity index (χ1n) is 4.43. The van der Waals surface area contributed by atoms with Gasteiger partial charge in [0.15, 0.2) is 0 Å². The number of benzene rings is 1. The maximum atomic E-state index is 12.9. The smallest absolute Gasteiger partial charge is 0.125 e. The van der Waals surface area contributed by atoms with Crippen LogP contribution in [0.25, 0.3) is 0 Å². The summed E-state index contributed by atoms with van der Waals surface area (Å²) in [6, 6.07) is 2.82. The Balaban J connectivity index is 2.88. The minimum Gasteiger partial charge on any atom is -0.319 e. The van der Waals surface area contributed by atoms with Crippen molar-refractivity contribution in [1.29, 1.82) is 0 Å². The highest BCUT2D eigenvalue weighted by Gasteiger charge is 2.04. The average Bonchev–Trinajstić information content (AvgIpc) is 2.15. The Hall–Kier alpha value is -0.370. The van der Waals surface area contributed by atoms with Crippen LogP contribution in [0.15, 0.2) is 21.1 Å². The fourth-order valence-corrected chi connectivity index (χ4v) is 2.33. The molecule has 0 aliphatic carbocycles. The second kappa shape index (κ2) is 6.26. The molecule has 1 aromatic rings. The SMILES string of the molecule is CNCCC#Cc1c(Br)cc(F)cc1Br. The van der Waals surface area contributed by atoms with Gasteiger partial charge in [-0.05, 0) is 51.0 Å². The lowest BCUT2D eigenvalue weighted by molar-refractivity contribution is 0.626. The largest absolute Gasteiger partial charge is 0.319 e. The Morgan fingerprint density at radius 3 is 2.47 bits per heavy atom. The van der Waals surface area contributed by atoms with Crippen LogP contribution >= 0.6 is 31.9 Å². The summed E-state index contributed by atoms with van der Waals surface area (Å²) >= 11 is 6.56. The zero-order chi connectivity index (χ0) is 11.3. The third-order valence-corrected chi connectivity index (χ3v) is 2.97. The van der Waals surface area contributed by atoms with Crippen molar-refractivity contribution < 1.29 is 4.39 Å².